The number of fused-ring (bicyclic) bond motifs is 1. The molecule has 0 unspecified atom stereocenters. The number of nitrogens with one attached hydrogen (secondary N) is 1. The number of aliphatic hydroxyl groups is 1. The maximum atomic E-state index is 13.2. The van der Waals surface area contributed by atoms with Crippen LogP contribution in [0.15, 0.2) is 24.3 Å². The molecule has 1 aromatic heterocycles. The van der Waals surface area contributed by atoms with Gasteiger partial charge < -0.3 is 15.0 Å². The van der Waals surface area contributed by atoms with Crippen molar-refractivity contribution in [2.75, 3.05) is 6.61 Å². The fourth-order valence-electron chi connectivity index (χ4n) is 3.81. The molecule has 0 radical (unpaired) electrons. The van der Waals surface area contributed by atoms with E-state index in [9.17, 15) is 19.1 Å². The van der Waals surface area contributed by atoms with Crippen molar-refractivity contribution in [3.05, 3.63) is 58.2 Å². The molecule has 6 heteroatoms. The van der Waals surface area contributed by atoms with E-state index in [2.05, 4.69) is 9.88 Å². The van der Waals surface area contributed by atoms with E-state index in [0.29, 0.717) is 18.5 Å². The zero-order valence-corrected chi connectivity index (χ0v) is 16.6. The molecule has 0 atom stereocenters. The monoisotopic (exact) mass is 386 g/mol. The second-order valence-corrected chi connectivity index (χ2v) is 8.14. The molecule has 0 bridgehead atoms. The lowest BCUT2D eigenvalue weighted by molar-refractivity contribution is -0.122. The van der Waals surface area contributed by atoms with Crippen molar-refractivity contribution in [1.29, 1.82) is 0 Å². The number of nitrogens with zero attached hydrogens (tertiary/aromatic N) is 1. The summed E-state index contributed by atoms with van der Waals surface area (Å²) in [6.07, 6.45) is 2.16. The highest BCUT2D eigenvalue weighted by Gasteiger charge is 2.30. The molecule has 3 rings (SSSR count). The Kier molecular flexibility index (Phi) is 5.70. The molecule has 0 saturated heterocycles. The number of carbonyl (C=O) groups is 2. The zero-order valence-electron chi connectivity index (χ0n) is 16.6. The Morgan fingerprint density at radius 3 is 2.57 bits per heavy atom. The van der Waals surface area contributed by atoms with Crippen LogP contribution in [0.3, 0.4) is 0 Å². The second-order valence-electron chi connectivity index (χ2n) is 8.14. The molecule has 0 spiro atoms. The number of ketones is 1. The summed E-state index contributed by atoms with van der Waals surface area (Å²) in [5.74, 6) is -0.428. The van der Waals surface area contributed by atoms with Gasteiger partial charge >= 0.3 is 0 Å². The fraction of sp³-hybridized carbons (Fsp3) is 0.455. The minimum atomic E-state index is -0.717. The van der Waals surface area contributed by atoms with Gasteiger partial charge in [-0.2, -0.15) is 0 Å². The Hall–Kier alpha value is -2.47. The normalized spacial score (nSPS) is 14.1. The van der Waals surface area contributed by atoms with Crippen LogP contribution in [-0.2, 0) is 24.2 Å². The van der Waals surface area contributed by atoms with Crippen LogP contribution in [0.4, 0.5) is 4.39 Å². The second kappa shape index (κ2) is 7.87. The third-order valence-electron chi connectivity index (χ3n) is 5.32. The highest BCUT2D eigenvalue weighted by Crippen LogP contribution is 2.31. The van der Waals surface area contributed by atoms with Gasteiger partial charge in [-0.1, -0.05) is 12.1 Å². The molecule has 0 aliphatic heterocycles. The summed E-state index contributed by atoms with van der Waals surface area (Å²) in [6, 6.07) is 6.33. The molecule has 5 nitrogen and oxygen atoms in total. The van der Waals surface area contributed by atoms with Crippen LogP contribution in [0.5, 0.6) is 0 Å². The van der Waals surface area contributed by atoms with Gasteiger partial charge in [0.2, 0.25) is 5.91 Å². The number of amides is 1. The third kappa shape index (κ3) is 4.17. The first-order chi connectivity index (χ1) is 13.2. The van der Waals surface area contributed by atoms with Crippen LogP contribution < -0.4 is 5.32 Å². The van der Waals surface area contributed by atoms with Gasteiger partial charge in [0.15, 0.2) is 5.78 Å². The van der Waals surface area contributed by atoms with E-state index in [1.807, 2.05) is 6.92 Å². The summed E-state index contributed by atoms with van der Waals surface area (Å²) in [4.78, 5) is 25.2. The molecule has 2 N–H and O–H groups in total. The van der Waals surface area contributed by atoms with E-state index < -0.39 is 5.54 Å². The predicted octanol–water partition coefficient (Wildman–Crippen LogP) is 2.93. The summed E-state index contributed by atoms with van der Waals surface area (Å²) in [7, 11) is 0. The number of aliphatic hydroxyl groups excluding tert-OH is 1. The molecule has 1 aliphatic carbocycles. The summed E-state index contributed by atoms with van der Waals surface area (Å²) in [6.45, 7) is 5.79. The minimum Gasteiger partial charge on any atom is -0.394 e. The van der Waals surface area contributed by atoms with Crippen LogP contribution in [0.1, 0.15) is 59.6 Å². The predicted molar refractivity (Wildman–Crippen MR) is 105 cm³/mol. The van der Waals surface area contributed by atoms with Crippen LogP contribution in [-0.4, -0.2) is 33.5 Å². The van der Waals surface area contributed by atoms with Crippen molar-refractivity contribution >= 4 is 11.7 Å². The summed E-state index contributed by atoms with van der Waals surface area (Å²) >= 11 is 0. The summed E-state index contributed by atoms with van der Waals surface area (Å²) in [5.41, 5.74) is 3.50. The van der Waals surface area contributed by atoms with Crippen LogP contribution >= 0.6 is 0 Å². The number of Topliss-reactive ketones (excluding diaryl/α,β-unsaturated/α-hetero) is 1. The Balaban J connectivity index is 1.96. The van der Waals surface area contributed by atoms with Crippen molar-refractivity contribution in [2.24, 2.45) is 0 Å². The lowest BCUT2D eigenvalue weighted by Crippen LogP contribution is -2.47. The fourth-order valence-corrected chi connectivity index (χ4v) is 3.81. The Morgan fingerprint density at radius 1 is 1.25 bits per heavy atom. The maximum Gasteiger partial charge on any atom is 0.225 e. The molecule has 150 valence electrons. The van der Waals surface area contributed by atoms with Crippen LogP contribution in [0.25, 0.3) is 0 Å². The lowest BCUT2D eigenvalue weighted by Gasteiger charge is -2.23. The van der Waals surface area contributed by atoms with Gasteiger partial charge in [0.1, 0.15) is 5.82 Å². The maximum absolute atomic E-state index is 13.2. The molecule has 1 amide bonds. The number of hydrogen-bond donors (Lipinski definition) is 2. The highest BCUT2D eigenvalue weighted by atomic mass is 19.1. The first-order valence-corrected chi connectivity index (χ1v) is 9.62. The minimum absolute atomic E-state index is 0.0754. The molecule has 28 heavy (non-hydrogen) atoms. The Labute approximate surface area is 164 Å². The van der Waals surface area contributed by atoms with Crippen molar-refractivity contribution in [3.63, 3.8) is 0 Å². The van der Waals surface area contributed by atoms with Crippen LogP contribution in [0.2, 0.25) is 0 Å². The average Bonchev–Trinajstić information content (AvgIpc) is 2.90. The number of hydrogen-bond acceptors (Lipinski definition) is 3. The Morgan fingerprint density at radius 2 is 1.93 bits per heavy atom. The lowest BCUT2D eigenvalue weighted by atomic mass is 9.91. The average molecular weight is 386 g/mol. The molecule has 2 aromatic rings. The van der Waals surface area contributed by atoms with Crippen molar-refractivity contribution in [3.8, 4) is 0 Å². The smallest absolute Gasteiger partial charge is 0.225 e. The van der Waals surface area contributed by atoms with E-state index in [1.165, 1.54) is 12.1 Å². The van der Waals surface area contributed by atoms with Gasteiger partial charge in [0.05, 0.1) is 18.6 Å². The molecule has 1 aliphatic rings. The van der Waals surface area contributed by atoms with Gasteiger partial charge in [0.25, 0.3) is 0 Å². The van der Waals surface area contributed by atoms with E-state index in [4.69, 9.17) is 0 Å². The van der Waals surface area contributed by atoms with Gasteiger partial charge in [-0.05, 0) is 56.9 Å². The van der Waals surface area contributed by atoms with Crippen molar-refractivity contribution < 1.29 is 19.1 Å². The molecular formula is C22H27FN2O3. The van der Waals surface area contributed by atoms with Gasteiger partial charge in [0, 0.05) is 29.9 Å². The molecule has 1 aromatic carbocycles. The number of rotatable bonds is 6. The van der Waals surface area contributed by atoms with E-state index in [0.717, 1.165) is 35.4 Å². The summed E-state index contributed by atoms with van der Waals surface area (Å²) in [5, 5.41) is 12.2. The number of benzene rings is 1. The molecule has 1 heterocycles. The molecule has 0 fully saturated rings. The molecule has 0 saturated carbocycles. The third-order valence-corrected chi connectivity index (χ3v) is 5.32. The van der Waals surface area contributed by atoms with Gasteiger partial charge in [-0.15, -0.1) is 0 Å². The summed E-state index contributed by atoms with van der Waals surface area (Å²) < 4.78 is 15.3. The highest BCUT2D eigenvalue weighted by molar-refractivity contribution is 6.01. The van der Waals surface area contributed by atoms with E-state index in [-0.39, 0.29) is 30.5 Å². The Bertz CT molecular complexity index is 897. The first-order valence-electron chi connectivity index (χ1n) is 9.62. The number of carbonyl (C=O) groups excluding carboxylic acids is 2. The van der Waals surface area contributed by atoms with Crippen molar-refractivity contribution in [1.82, 2.24) is 9.88 Å². The van der Waals surface area contributed by atoms with Gasteiger partial charge in [-0.3, -0.25) is 9.59 Å². The zero-order chi connectivity index (χ0) is 20.5. The number of halogens is 1. The van der Waals surface area contributed by atoms with Crippen LogP contribution in [0, 0.1) is 12.7 Å². The first kappa shape index (κ1) is 20.3. The topological polar surface area (TPSA) is 71.3 Å². The van der Waals surface area contributed by atoms with E-state index in [1.54, 1.807) is 26.0 Å². The largest absolute Gasteiger partial charge is 0.394 e. The van der Waals surface area contributed by atoms with Gasteiger partial charge in [-0.25, -0.2) is 4.39 Å². The standard InChI is InChI=1S/C22H27FN2O3/c1-14-17(11-20(28)24-22(2,3)13-26)21-18(5-4-6-19(21)27)25(14)12-15-7-9-16(23)10-8-15/h7-10,26H,4-6,11-13H2,1-3H3,(H,24,28). The SMILES string of the molecule is Cc1c(CC(=O)NC(C)(C)CO)c2c(n1Cc1ccc(F)cc1)CCCC2=O. The quantitative estimate of drug-likeness (QED) is 0.802. The van der Waals surface area contributed by atoms with E-state index >= 15 is 0 Å². The molecular weight excluding hydrogens is 359 g/mol. The van der Waals surface area contributed by atoms with Crippen molar-refractivity contribution in [2.45, 2.75) is 58.5 Å². The number of aromatic nitrogens is 1.